The molecule has 116 valence electrons. The zero-order valence-electron chi connectivity index (χ0n) is 13.1. The molecule has 1 aliphatic rings. The Morgan fingerprint density at radius 3 is 2.76 bits per heavy atom. The number of aromatic nitrogens is 1. The molecule has 0 spiro atoms. The first-order chi connectivity index (χ1) is 10.0. The molecule has 2 rings (SSSR count). The van der Waals surface area contributed by atoms with Gasteiger partial charge in [0.1, 0.15) is 6.10 Å². The molecule has 1 heterocycles. The van der Waals surface area contributed by atoms with E-state index in [2.05, 4.69) is 17.2 Å². The van der Waals surface area contributed by atoms with Crippen LogP contribution in [0.25, 0.3) is 0 Å². The van der Waals surface area contributed by atoms with E-state index in [9.17, 15) is 4.79 Å². The number of hydrogen-bond acceptors (Lipinski definition) is 3. The number of rotatable bonds is 4. The lowest BCUT2D eigenvalue weighted by Gasteiger charge is -2.26. The summed E-state index contributed by atoms with van der Waals surface area (Å²) in [6.45, 7) is 2.78. The molecule has 0 unspecified atom stereocenters. The molecule has 2 amide bonds. The average Bonchev–Trinajstić information content (AvgIpc) is 2.47. The Morgan fingerprint density at radius 2 is 2.10 bits per heavy atom. The van der Waals surface area contributed by atoms with E-state index in [1.54, 1.807) is 20.3 Å². The minimum atomic E-state index is -0.101. The van der Waals surface area contributed by atoms with Gasteiger partial charge >= 0.3 is 6.03 Å². The van der Waals surface area contributed by atoms with Crippen molar-refractivity contribution in [3.63, 3.8) is 0 Å². The van der Waals surface area contributed by atoms with Crippen molar-refractivity contribution in [3.8, 4) is 5.88 Å². The molecule has 0 atom stereocenters. The normalized spacial score (nSPS) is 21.7. The van der Waals surface area contributed by atoms with Crippen LogP contribution in [0.3, 0.4) is 0 Å². The van der Waals surface area contributed by atoms with E-state index < -0.39 is 0 Å². The molecule has 0 bridgehead atoms. The van der Waals surface area contributed by atoms with Crippen molar-refractivity contribution in [1.29, 1.82) is 0 Å². The molecule has 5 heteroatoms. The van der Waals surface area contributed by atoms with Crippen LogP contribution < -0.4 is 10.1 Å². The first kappa shape index (κ1) is 15.6. The van der Waals surface area contributed by atoms with E-state index in [-0.39, 0.29) is 12.1 Å². The van der Waals surface area contributed by atoms with Gasteiger partial charge in [-0.25, -0.2) is 9.78 Å². The van der Waals surface area contributed by atoms with Gasteiger partial charge < -0.3 is 15.0 Å². The van der Waals surface area contributed by atoms with Crippen molar-refractivity contribution in [2.45, 2.75) is 45.3 Å². The number of urea groups is 1. The van der Waals surface area contributed by atoms with E-state index >= 15 is 0 Å². The molecule has 21 heavy (non-hydrogen) atoms. The number of carbonyl (C=O) groups excluding carboxylic acids is 1. The summed E-state index contributed by atoms with van der Waals surface area (Å²) >= 11 is 0. The van der Waals surface area contributed by atoms with Gasteiger partial charge in [0, 0.05) is 32.9 Å². The Hall–Kier alpha value is -1.78. The van der Waals surface area contributed by atoms with Gasteiger partial charge in [-0.05, 0) is 43.2 Å². The molecule has 1 N–H and O–H groups in total. The summed E-state index contributed by atoms with van der Waals surface area (Å²) in [5, 5.41) is 2.84. The van der Waals surface area contributed by atoms with Crippen molar-refractivity contribution in [2.24, 2.45) is 5.92 Å². The summed E-state index contributed by atoms with van der Waals surface area (Å²) in [5.74, 6) is 1.47. The monoisotopic (exact) mass is 291 g/mol. The Morgan fingerprint density at radius 1 is 1.38 bits per heavy atom. The third kappa shape index (κ3) is 4.92. The van der Waals surface area contributed by atoms with Gasteiger partial charge in [-0.3, -0.25) is 0 Å². The minimum absolute atomic E-state index is 0.101. The third-order valence-electron chi connectivity index (χ3n) is 3.90. The van der Waals surface area contributed by atoms with Crippen LogP contribution in [-0.4, -0.2) is 36.1 Å². The lowest BCUT2D eigenvalue weighted by atomic mass is 9.89. The molecule has 1 aromatic heterocycles. The fourth-order valence-electron chi connectivity index (χ4n) is 2.48. The van der Waals surface area contributed by atoms with Crippen LogP contribution in [0.5, 0.6) is 5.88 Å². The number of hydrogen-bond donors (Lipinski definition) is 1. The standard InChI is InChI=1S/C16H25N3O2/c1-12-4-6-14(7-5-12)21-15-10-13(8-9-17-15)11-18-16(20)19(2)3/h8-10,12,14H,4-7,11H2,1-3H3,(H,18,20). The van der Waals surface area contributed by atoms with Crippen LogP contribution in [-0.2, 0) is 6.54 Å². The quantitative estimate of drug-likeness (QED) is 0.928. The zero-order valence-corrected chi connectivity index (χ0v) is 13.1. The number of ether oxygens (including phenoxy) is 1. The summed E-state index contributed by atoms with van der Waals surface area (Å²) in [4.78, 5) is 17.3. The highest BCUT2D eigenvalue weighted by atomic mass is 16.5. The maximum absolute atomic E-state index is 11.5. The van der Waals surface area contributed by atoms with Crippen molar-refractivity contribution in [3.05, 3.63) is 23.9 Å². The Kier molecular flexibility index (Phi) is 5.42. The van der Waals surface area contributed by atoms with Crippen LogP contribution in [0, 0.1) is 5.92 Å². The molecule has 5 nitrogen and oxygen atoms in total. The van der Waals surface area contributed by atoms with Gasteiger partial charge in [-0.1, -0.05) is 6.92 Å². The molecular weight excluding hydrogens is 266 g/mol. The van der Waals surface area contributed by atoms with Crippen LogP contribution in [0.2, 0.25) is 0 Å². The molecule has 0 radical (unpaired) electrons. The Balaban J connectivity index is 1.87. The van der Waals surface area contributed by atoms with Crippen LogP contribution in [0.4, 0.5) is 4.79 Å². The number of carbonyl (C=O) groups is 1. The molecule has 1 fully saturated rings. The molecule has 0 aromatic carbocycles. The van der Waals surface area contributed by atoms with Crippen LogP contribution >= 0.6 is 0 Å². The van der Waals surface area contributed by atoms with E-state index in [0.29, 0.717) is 12.4 Å². The van der Waals surface area contributed by atoms with E-state index in [1.165, 1.54) is 17.7 Å². The summed E-state index contributed by atoms with van der Waals surface area (Å²) in [7, 11) is 3.45. The highest BCUT2D eigenvalue weighted by Crippen LogP contribution is 2.26. The van der Waals surface area contributed by atoms with Crippen LogP contribution in [0.15, 0.2) is 18.3 Å². The van der Waals surface area contributed by atoms with Crippen molar-refractivity contribution < 1.29 is 9.53 Å². The first-order valence-corrected chi connectivity index (χ1v) is 7.61. The summed E-state index contributed by atoms with van der Waals surface area (Å²) < 4.78 is 5.96. The second-order valence-corrected chi connectivity index (χ2v) is 6.06. The van der Waals surface area contributed by atoms with Gasteiger partial charge in [-0.2, -0.15) is 0 Å². The number of pyridine rings is 1. The van der Waals surface area contributed by atoms with Gasteiger partial charge in [0.05, 0.1) is 0 Å². The largest absolute Gasteiger partial charge is 0.474 e. The van der Waals surface area contributed by atoms with Crippen molar-refractivity contribution in [1.82, 2.24) is 15.2 Å². The molecule has 0 saturated heterocycles. The zero-order chi connectivity index (χ0) is 15.2. The van der Waals surface area contributed by atoms with Crippen molar-refractivity contribution in [2.75, 3.05) is 14.1 Å². The molecule has 1 aromatic rings. The van der Waals surface area contributed by atoms with Gasteiger partial charge in [0.2, 0.25) is 5.88 Å². The van der Waals surface area contributed by atoms with E-state index in [4.69, 9.17) is 4.74 Å². The lowest BCUT2D eigenvalue weighted by molar-refractivity contribution is 0.130. The van der Waals surface area contributed by atoms with Gasteiger partial charge in [0.15, 0.2) is 0 Å². The van der Waals surface area contributed by atoms with E-state index in [0.717, 1.165) is 24.3 Å². The lowest BCUT2D eigenvalue weighted by Crippen LogP contribution is -2.33. The van der Waals surface area contributed by atoms with Gasteiger partial charge in [0.25, 0.3) is 0 Å². The third-order valence-corrected chi connectivity index (χ3v) is 3.90. The predicted molar refractivity (Wildman–Crippen MR) is 82.2 cm³/mol. The SMILES string of the molecule is CC1CCC(Oc2cc(CNC(=O)N(C)C)ccn2)CC1. The smallest absolute Gasteiger partial charge is 0.317 e. The van der Waals surface area contributed by atoms with Crippen molar-refractivity contribution >= 4 is 6.03 Å². The number of amides is 2. The highest BCUT2D eigenvalue weighted by Gasteiger charge is 2.19. The Labute approximate surface area is 126 Å². The Bertz CT molecular complexity index is 468. The second-order valence-electron chi connectivity index (χ2n) is 6.06. The fourth-order valence-corrected chi connectivity index (χ4v) is 2.48. The van der Waals surface area contributed by atoms with Crippen LogP contribution in [0.1, 0.15) is 38.2 Å². The maximum Gasteiger partial charge on any atom is 0.317 e. The minimum Gasteiger partial charge on any atom is -0.474 e. The summed E-state index contributed by atoms with van der Waals surface area (Å²) in [5.41, 5.74) is 0.999. The molecule has 1 aliphatic carbocycles. The topological polar surface area (TPSA) is 54.5 Å². The van der Waals surface area contributed by atoms with E-state index in [1.807, 2.05) is 12.1 Å². The first-order valence-electron chi connectivity index (χ1n) is 7.61. The molecular formula is C16H25N3O2. The summed E-state index contributed by atoms with van der Waals surface area (Å²) in [6.07, 6.45) is 6.67. The average molecular weight is 291 g/mol. The predicted octanol–water partition coefficient (Wildman–Crippen LogP) is 2.81. The fraction of sp³-hybridized carbons (Fsp3) is 0.625. The number of nitrogens with one attached hydrogen (secondary N) is 1. The maximum atomic E-state index is 11.5. The molecule has 0 aliphatic heterocycles. The molecule has 1 saturated carbocycles. The number of nitrogens with zero attached hydrogens (tertiary/aromatic N) is 2. The second kappa shape index (κ2) is 7.29. The summed E-state index contributed by atoms with van der Waals surface area (Å²) in [6, 6.07) is 3.70. The highest BCUT2D eigenvalue weighted by molar-refractivity contribution is 5.73. The van der Waals surface area contributed by atoms with Gasteiger partial charge in [-0.15, -0.1) is 0 Å².